The van der Waals surface area contributed by atoms with Gasteiger partial charge in [-0.1, -0.05) is 6.42 Å². The van der Waals surface area contributed by atoms with Crippen LogP contribution in [-0.4, -0.2) is 46.8 Å². The van der Waals surface area contributed by atoms with Crippen molar-refractivity contribution in [3.05, 3.63) is 11.4 Å². The third-order valence-corrected chi connectivity index (χ3v) is 6.00. The SMILES string of the molecule is Cc1nn(C)c(C)c1S(=O)(=O)N1CCCCC1CO. The van der Waals surface area contributed by atoms with Crippen molar-refractivity contribution in [2.24, 2.45) is 7.05 Å². The van der Waals surface area contributed by atoms with Crippen molar-refractivity contribution in [3.8, 4) is 0 Å². The molecule has 2 heterocycles. The molecular formula is C12H21N3O3S. The molecule has 6 nitrogen and oxygen atoms in total. The lowest BCUT2D eigenvalue weighted by Gasteiger charge is -2.33. The van der Waals surface area contributed by atoms with E-state index in [4.69, 9.17) is 0 Å². The van der Waals surface area contributed by atoms with Crippen LogP contribution in [0.15, 0.2) is 4.90 Å². The van der Waals surface area contributed by atoms with Gasteiger partial charge in [0.25, 0.3) is 0 Å². The average molecular weight is 287 g/mol. The monoisotopic (exact) mass is 287 g/mol. The van der Waals surface area contributed by atoms with Crippen molar-refractivity contribution in [1.82, 2.24) is 14.1 Å². The Morgan fingerprint density at radius 2 is 2.05 bits per heavy atom. The molecule has 1 unspecified atom stereocenters. The Hall–Kier alpha value is -0.920. The first-order valence-corrected chi connectivity index (χ1v) is 7.96. The van der Waals surface area contributed by atoms with Crippen LogP contribution in [-0.2, 0) is 17.1 Å². The number of aliphatic hydroxyl groups is 1. The van der Waals surface area contributed by atoms with Crippen molar-refractivity contribution in [2.75, 3.05) is 13.2 Å². The molecule has 0 spiro atoms. The van der Waals surface area contributed by atoms with Gasteiger partial charge in [0.05, 0.1) is 18.0 Å². The van der Waals surface area contributed by atoms with Gasteiger partial charge in [-0.3, -0.25) is 4.68 Å². The van der Waals surface area contributed by atoms with Gasteiger partial charge in [0.2, 0.25) is 10.0 Å². The van der Waals surface area contributed by atoms with Gasteiger partial charge in [0.15, 0.2) is 0 Å². The minimum absolute atomic E-state index is 0.127. The van der Waals surface area contributed by atoms with Gasteiger partial charge in [-0.25, -0.2) is 8.42 Å². The van der Waals surface area contributed by atoms with Crippen LogP contribution in [0.5, 0.6) is 0 Å². The topological polar surface area (TPSA) is 75.4 Å². The van der Waals surface area contributed by atoms with E-state index in [2.05, 4.69) is 5.10 Å². The second kappa shape index (κ2) is 5.22. The highest BCUT2D eigenvalue weighted by molar-refractivity contribution is 7.89. The van der Waals surface area contributed by atoms with Crippen LogP contribution in [0, 0.1) is 13.8 Å². The summed E-state index contributed by atoms with van der Waals surface area (Å²) in [6.07, 6.45) is 2.52. The lowest BCUT2D eigenvalue weighted by Crippen LogP contribution is -2.45. The zero-order valence-corrected chi connectivity index (χ0v) is 12.4. The standard InChI is InChI=1S/C12H21N3O3S/c1-9-12(10(2)14(3)13-9)19(17,18)15-7-5-4-6-11(15)8-16/h11,16H,4-8H2,1-3H3. The van der Waals surface area contributed by atoms with Crippen molar-refractivity contribution < 1.29 is 13.5 Å². The number of aryl methyl sites for hydroxylation is 2. The number of piperidine rings is 1. The number of nitrogens with zero attached hydrogens (tertiary/aromatic N) is 3. The summed E-state index contributed by atoms with van der Waals surface area (Å²) in [5, 5.41) is 13.6. The van der Waals surface area contributed by atoms with E-state index in [1.165, 1.54) is 4.31 Å². The minimum atomic E-state index is -3.57. The Morgan fingerprint density at radius 3 is 2.58 bits per heavy atom. The molecule has 0 radical (unpaired) electrons. The predicted octanol–water partition coefficient (Wildman–Crippen LogP) is 0.572. The summed E-state index contributed by atoms with van der Waals surface area (Å²) in [5.74, 6) is 0. The highest BCUT2D eigenvalue weighted by atomic mass is 32.2. The van der Waals surface area contributed by atoms with E-state index in [0.717, 1.165) is 12.8 Å². The number of hydrogen-bond donors (Lipinski definition) is 1. The molecule has 19 heavy (non-hydrogen) atoms. The fourth-order valence-electron chi connectivity index (χ4n) is 2.72. The summed E-state index contributed by atoms with van der Waals surface area (Å²) in [5.41, 5.74) is 1.15. The smallest absolute Gasteiger partial charge is 0.247 e. The highest BCUT2D eigenvalue weighted by Crippen LogP contribution is 2.28. The number of aromatic nitrogens is 2. The molecule has 1 aromatic heterocycles. The van der Waals surface area contributed by atoms with E-state index in [9.17, 15) is 13.5 Å². The maximum absolute atomic E-state index is 12.8. The van der Waals surface area contributed by atoms with E-state index < -0.39 is 10.0 Å². The molecule has 0 aromatic carbocycles. The first-order chi connectivity index (χ1) is 8.89. The second-order valence-electron chi connectivity index (χ2n) is 5.07. The molecular weight excluding hydrogens is 266 g/mol. The highest BCUT2D eigenvalue weighted by Gasteiger charge is 2.36. The molecule has 1 N–H and O–H groups in total. The third kappa shape index (κ3) is 2.42. The average Bonchev–Trinajstić information content (AvgIpc) is 2.63. The number of rotatable bonds is 3. The lowest BCUT2D eigenvalue weighted by atomic mass is 10.1. The van der Waals surface area contributed by atoms with Crippen LogP contribution < -0.4 is 0 Å². The summed E-state index contributed by atoms with van der Waals surface area (Å²) in [7, 11) is -1.84. The molecule has 0 aliphatic carbocycles. The van der Waals surface area contributed by atoms with Gasteiger partial charge in [-0.2, -0.15) is 9.40 Å². The molecule has 1 atom stereocenters. The number of aliphatic hydroxyl groups excluding tert-OH is 1. The van der Waals surface area contributed by atoms with Gasteiger partial charge in [0, 0.05) is 19.6 Å². The van der Waals surface area contributed by atoms with Crippen molar-refractivity contribution in [3.63, 3.8) is 0 Å². The largest absolute Gasteiger partial charge is 0.395 e. The van der Waals surface area contributed by atoms with E-state index in [-0.39, 0.29) is 17.5 Å². The van der Waals surface area contributed by atoms with Gasteiger partial charge in [0.1, 0.15) is 4.90 Å². The van der Waals surface area contributed by atoms with Crippen molar-refractivity contribution in [2.45, 2.75) is 44.0 Å². The third-order valence-electron chi connectivity index (χ3n) is 3.79. The van der Waals surface area contributed by atoms with Crippen LogP contribution in [0.2, 0.25) is 0 Å². The molecule has 1 aliphatic rings. The van der Waals surface area contributed by atoms with Crippen molar-refractivity contribution in [1.29, 1.82) is 0 Å². The maximum atomic E-state index is 12.8. The number of hydrogen-bond acceptors (Lipinski definition) is 4. The molecule has 1 saturated heterocycles. The predicted molar refractivity (Wildman–Crippen MR) is 71.3 cm³/mol. The first kappa shape index (κ1) is 14.5. The summed E-state index contributed by atoms with van der Waals surface area (Å²) >= 11 is 0. The lowest BCUT2D eigenvalue weighted by molar-refractivity contribution is 0.155. The van der Waals surface area contributed by atoms with E-state index in [0.29, 0.717) is 24.4 Å². The minimum Gasteiger partial charge on any atom is -0.395 e. The molecule has 0 amide bonds. The molecule has 7 heteroatoms. The van der Waals surface area contributed by atoms with Gasteiger partial charge in [-0.05, 0) is 26.7 Å². The van der Waals surface area contributed by atoms with E-state index in [1.807, 2.05) is 0 Å². The Morgan fingerprint density at radius 1 is 1.37 bits per heavy atom. The second-order valence-corrected chi connectivity index (χ2v) is 6.90. The number of sulfonamides is 1. The summed E-state index contributed by atoms with van der Waals surface area (Å²) in [6, 6.07) is -0.308. The molecule has 1 aromatic rings. The zero-order valence-electron chi connectivity index (χ0n) is 11.6. The Kier molecular flexibility index (Phi) is 3.98. The quantitative estimate of drug-likeness (QED) is 0.882. The Balaban J connectivity index is 2.46. The molecule has 0 saturated carbocycles. The molecule has 2 rings (SSSR count). The summed E-state index contributed by atoms with van der Waals surface area (Å²) in [6.45, 7) is 3.81. The van der Waals surface area contributed by atoms with Crippen LogP contribution in [0.1, 0.15) is 30.7 Å². The van der Waals surface area contributed by atoms with E-state index >= 15 is 0 Å². The summed E-state index contributed by atoms with van der Waals surface area (Å²) in [4.78, 5) is 0.287. The van der Waals surface area contributed by atoms with Crippen molar-refractivity contribution >= 4 is 10.0 Å². The van der Waals surface area contributed by atoms with Crippen LogP contribution in [0.25, 0.3) is 0 Å². The van der Waals surface area contributed by atoms with E-state index in [1.54, 1.807) is 25.6 Å². The van der Waals surface area contributed by atoms with Gasteiger partial charge < -0.3 is 5.11 Å². The molecule has 1 fully saturated rings. The fourth-order valence-corrected chi connectivity index (χ4v) is 4.81. The van der Waals surface area contributed by atoms with Crippen LogP contribution in [0.4, 0.5) is 0 Å². The Bertz CT molecular complexity index is 565. The Labute approximate surface area is 114 Å². The maximum Gasteiger partial charge on any atom is 0.247 e. The molecule has 1 aliphatic heterocycles. The van der Waals surface area contributed by atoms with Crippen LogP contribution >= 0.6 is 0 Å². The first-order valence-electron chi connectivity index (χ1n) is 6.52. The van der Waals surface area contributed by atoms with Gasteiger partial charge in [-0.15, -0.1) is 0 Å². The molecule has 108 valence electrons. The van der Waals surface area contributed by atoms with Gasteiger partial charge >= 0.3 is 0 Å². The molecule has 0 bridgehead atoms. The fraction of sp³-hybridized carbons (Fsp3) is 0.750. The van der Waals surface area contributed by atoms with Crippen LogP contribution in [0.3, 0.4) is 0 Å². The zero-order chi connectivity index (χ0) is 14.2. The summed E-state index contributed by atoms with van der Waals surface area (Å²) < 4.78 is 28.6. The normalized spacial score (nSPS) is 21.8.